The molecule has 0 amide bonds. The summed E-state index contributed by atoms with van der Waals surface area (Å²) in [4.78, 5) is 0. The normalized spacial score (nSPS) is 29.3. The highest BCUT2D eigenvalue weighted by atomic mass is 79.9. The van der Waals surface area contributed by atoms with Crippen molar-refractivity contribution in [1.29, 1.82) is 0 Å². The Morgan fingerprint density at radius 3 is 2.53 bits per heavy atom. The van der Waals surface area contributed by atoms with Gasteiger partial charge in [-0.2, -0.15) is 0 Å². The molecule has 0 heterocycles. The molecule has 4 unspecified atom stereocenters. The van der Waals surface area contributed by atoms with Gasteiger partial charge in [-0.15, -0.1) is 0 Å². The van der Waals surface area contributed by atoms with Crippen molar-refractivity contribution in [1.82, 2.24) is 0 Å². The van der Waals surface area contributed by atoms with E-state index in [4.69, 9.17) is 0 Å². The van der Waals surface area contributed by atoms with Gasteiger partial charge in [-0.3, -0.25) is 0 Å². The first-order chi connectivity index (χ1) is 8.91. The van der Waals surface area contributed by atoms with Crippen LogP contribution in [0.15, 0.2) is 16.6 Å². The van der Waals surface area contributed by atoms with Crippen molar-refractivity contribution in [3.63, 3.8) is 0 Å². The Hall–Kier alpha value is -0.480. The lowest BCUT2D eigenvalue weighted by Gasteiger charge is -2.35. The van der Waals surface area contributed by atoms with Gasteiger partial charge >= 0.3 is 0 Å². The van der Waals surface area contributed by atoms with Crippen LogP contribution in [0.2, 0.25) is 0 Å². The van der Waals surface area contributed by atoms with Crippen LogP contribution in [0.1, 0.15) is 44.8 Å². The van der Waals surface area contributed by atoms with Crippen LogP contribution in [-0.4, -0.2) is 5.11 Å². The van der Waals surface area contributed by atoms with Crippen LogP contribution in [0.5, 0.6) is 0 Å². The van der Waals surface area contributed by atoms with E-state index in [1.54, 1.807) is 0 Å². The fraction of sp³-hybridized carbons (Fsp3) is 0.600. The fourth-order valence-corrected chi connectivity index (χ4v) is 3.46. The highest BCUT2D eigenvalue weighted by Gasteiger charge is 2.31. The molecule has 0 aromatic heterocycles. The zero-order chi connectivity index (χ0) is 14.2. The van der Waals surface area contributed by atoms with Gasteiger partial charge in [0, 0.05) is 0 Å². The summed E-state index contributed by atoms with van der Waals surface area (Å²) in [6.45, 7) is 4.41. The van der Waals surface area contributed by atoms with Crippen molar-refractivity contribution in [2.45, 2.75) is 39.2 Å². The van der Waals surface area contributed by atoms with Gasteiger partial charge in [-0.25, -0.2) is 8.78 Å². The van der Waals surface area contributed by atoms with Gasteiger partial charge in [0.2, 0.25) is 0 Å². The number of rotatable bonds is 2. The molecule has 106 valence electrons. The highest BCUT2D eigenvalue weighted by molar-refractivity contribution is 9.10. The van der Waals surface area contributed by atoms with Crippen molar-refractivity contribution >= 4 is 15.9 Å². The van der Waals surface area contributed by atoms with E-state index in [2.05, 4.69) is 29.8 Å². The van der Waals surface area contributed by atoms with Crippen LogP contribution in [0, 0.1) is 29.4 Å². The summed E-state index contributed by atoms with van der Waals surface area (Å²) >= 11 is 3.05. The van der Waals surface area contributed by atoms with Crippen LogP contribution in [0.25, 0.3) is 0 Å². The molecule has 1 aliphatic rings. The third-order valence-electron chi connectivity index (χ3n) is 4.47. The van der Waals surface area contributed by atoms with E-state index in [1.807, 2.05) is 0 Å². The summed E-state index contributed by atoms with van der Waals surface area (Å²) in [7, 11) is 0. The van der Waals surface area contributed by atoms with E-state index >= 15 is 0 Å². The van der Waals surface area contributed by atoms with E-state index in [-0.39, 0.29) is 10.4 Å². The van der Waals surface area contributed by atoms with E-state index < -0.39 is 17.7 Å². The molecule has 1 aromatic rings. The van der Waals surface area contributed by atoms with Crippen LogP contribution in [0.3, 0.4) is 0 Å². The first-order valence-electron chi connectivity index (χ1n) is 6.73. The van der Waals surface area contributed by atoms with E-state index in [0.29, 0.717) is 17.4 Å². The first kappa shape index (κ1) is 14.9. The molecule has 4 atom stereocenters. The predicted molar refractivity (Wildman–Crippen MR) is 74.7 cm³/mol. The van der Waals surface area contributed by atoms with Crippen LogP contribution in [0.4, 0.5) is 8.78 Å². The Morgan fingerprint density at radius 1 is 1.21 bits per heavy atom. The van der Waals surface area contributed by atoms with Gasteiger partial charge in [0.05, 0.1) is 10.6 Å². The Bertz CT molecular complexity index is 464. The zero-order valence-electron chi connectivity index (χ0n) is 11.2. The first-order valence-corrected chi connectivity index (χ1v) is 7.52. The van der Waals surface area contributed by atoms with Crippen LogP contribution >= 0.6 is 15.9 Å². The molecule has 4 heteroatoms. The molecule has 1 fully saturated rings. The lowest BCUT2D eigenvalue weighted by atomic mass is 9.73. The Kier molecular flexibility index (Phi) is 4.62. The molecule has 1 nitrogen and oxygen atoms in total. The lowest BCUT2D eigenvalue weighted by molar-refractivity contribution is 0.0553. The largest absolute Gasteiger partial charge is 0.388 e. The maximum absolute atomic E-state index is 13.5. The monoisotopic (exact) mass is 332 g/mol. The number of benzene rings is 1. The maximum atomic E-state index is 13.5. The summed E-state index contributed by atoms with van der Waals surface area (Å²) in [6.07, 6.45) is 2.19. The third-order valence-corrected chi connectivity index (χ3v) is 5.27. The minimum Gasteiger partial charge on any atom is -0.388 e. The summed E-state index contributed by atoms with van der Waals surface area (Å²) in [5.74, 6) is -0.482. The van der Waals surface area contributed by atoms with Crippen molar-refractivity contribution in [2.75, 3.05) is 0 Å². The van der Waals surface area contributed by atoms with Crippen LogP contribution < -0.4 is 0 Å². The van der Waals surface area contributed by atoms with Crippen LogP contribution in [-0.2, 0) is 0 Å². The topological polar surface area (TPSA) is 20.2 Å². The van der Waals surface area contributed by atoms with Gasteiger partial charge in [0.15, 0.2) is 11.6 Å². The van der Waals surface area contributed by atoms with Gasteiger partial charge in [0.25, 0.3) is 0 Å². The second-order valence-corrected chi connectivity index (χ2v) is 6.53. The molecule has 0 spiro atoms. The van der Waals surface area contributed by atoms with Crippen molar-refractivity contribution < 1.29 is 13.9 Å². The smallest absolute Gasteiger partial charge is 0.173 e. The molecular formula is C15H19BrF2O. The van der Waals surface area contributed by atoms with Gasteiger partial charge in [0.1, 0.15) is 0 Å². The minimum atomic E-state index is -0.922. The fourth-order valence-electron chi connectivity index (χ4n) is 2.90. The van der Waals surface area contributed by atoms with Crippen molar-refractivity contribution in [2.24, 2.45) is 17.8 Å². The standard InChI is InChI=1S/C15H19BrF2O/c1-8-3-4-10(7-9(8)2)15(19)11-5-6-12(17)14(18)13(11)16/h5-6,8-10,15,19H,3-4,7H2,1-2H3. The molecule has 0 bridgehead atoms. The van der Waals surface area contributed by atoms with E-state index in [1.165, 1.54) is 6.07 Å². The number of hydrogen-bond donors (Lipinski definition) is 1. The number of aliphatic hydroxyl groups is 1. The Morgan fingerprint density at radius 2 is 1.89 bits per heavy atom. The lowest BCUT2D eigenvalue weighted by Crippen LogP contribution is -2.25. The number of aliphatic hydroxyl groups excluding tert-OH is 1. The third kappa shape index (κ3) is 3.00. The molecule has 1 aromatic carbocycles. The Labute approximate surface area is 121 Å². The average molecular weight is 333 g/mol. The summed E-state index contributed by atoms with van der Waals surface area (Å²) in [5, 5.41) is 10.4. The average Bonchev–Trinajstić information content (AvgIpc) is 2.39. The summed E-state index contributed by atoms with van der Waals surface area (Å²) in [6, 6.07) is 2.55. The second-order valence-electron chi connectivity index (χ2n) is 5.74. The molecule has 0 aliphatic heterocycles. The molecule has 1 aliphatic carbocycles. The predicted octanol–water partition coefficient (Wildman–Crippen LogP) is 4.83. The quantitative estimate of drug-likeness (QED) is 0.769. The minimum absolute atomic E-state index is 0.0475. The van der Waals surface area contributed by atoms with Crippen molar-refractivity contribution in [3.8, 4) is 0 Å². The Balaban J connectivity index is 2.20. The second kappa shape index (κ2) is 5.88. The van der Waals surface area contributed by atoms with E-state index in [0.717, 1.165) is 25.3 Å². The molecular weight excluding hydrogens is 314 g/mol. The number of halogens is 3. The molecule has 1 N–H and O–H groups in total. The van der Waals surface area contributed by atoms with Gasteiger partial charge in [-0.05, 0) is 58.2 Å². The summed E-state index contributed by atoms with van der Waals surface area (Å²) in [5.41, 5.74) is 0.450. The van der Waals surface area contributed by atoms with Gasteiger partial charge in [-0.1, -0.05) is 26.3 Å². The SMILES string of the molecule is CC1CCC(C(O)c2ccc(F)c(F)c2Br)CC1C. The number of hydrogen-bond acceptors (Lipinski definition) is 1. The van der Waals surface area contributed by atoms with E-state index in [9.17, 15) is 13.9 Å². The summed E-state index contributed by atoms with van der Waals surface area (Å²) < 4.78 is 26.7. The van der Waals surface area contributed by atoms with Gasteiger partial charge < -0.3 is 5.11 Å². The molecule has 19 heavy (non-hydrogen) atoms. The maximum Gasteiger partial charge on any atom is 0.173 e. The highest BCUT2D eigenvalue weighted by Crippen LogP contribution is 2.41. The molecule has 2 rings (SSSR count). The van der Waals surface area contributed by atoms with Crippen molar-refractivity contribution in [3.05, 3.63) is 33.8 Å². The molecule has 0 saturated heterocycles. The molecule has 1 saturated carbocycles. The zero-order valence-corrected chi connectivity index (χ0v) is 12.8. The molecule has 0 radical (unpaired) electrons.